The molecule has 0 aliphatic heterocycles. The maximum Gasteiger partial charge on any atom is 0.255 e. The van der Waals surface area contributed by atoms with Gasteiger partial charge < -0.3 is 4.57 Å². The van der Waals surface area contributed by atoms with Crippen molar-refractivity contribution < 1.29 is 0 Å². The highest BCUT2D eigenvalue weighted by Gasteiger charge is 2.10. The van der Waals surface area contributed by atoms with Crippen LogP contribution in [0.25, 0.3) is 11.3 Å². The van der Waals surface area contributed by atoms with Crippen LogP contribution in [0.5, 0.6) is 0 Å². The summed E-state index contributed by atoms with van der Waals surface area (Å²) in [6, 6.07) is 13.8. The van der Waals surface area contributed by atoms with Gasteiger partial charge in [0.1, 0.15) is 0 Å². The van der Waals surface area contributed by atoms with E-state index in [0.29, 0.717) is 11.5 Å². The van der Waals surface area contributed by atoms with Crippen LogP contribution >= 0.6 is 11.6 Å². The van der Waals surface area contributed by atoms with E-state index < -0.39 is 0 Å². The summed E-state index contributed by atoms with van der Waals surface area (Å²) < 4.78 is 1.85. The van der Waals surface area contributed by atoms with Crippen LogP contribution in [0.2, 0.25) is 0 Å². The van der Waals surface area contributed by atoms with Crippen LogP contribution < -0.4 is 5.56 Å². The second-order valence-corrected chi connectivity index (χ2v) is 5.65. The van der Waals surface area contributed by atoms with E-state index in [1.165, 1.54) is 0 Å². The number of aromatic nitrogens is 1. The Morgan fingerprint density at radius 3 is 2.40 bits per heavy atom. The third-order valence-electron chi connectivity index (χ3n) is 3.40. The Hall–Kier alpha value is -1.54. The van der Waals surface area contributed by atoms with Crippen molar-refractivity contribution in [1.29, 1.82) is 0 Å². The van der Waals surface area contributed by atoms with Crippen LogP contribution in [-0.4, -0.2) is 4.57 Å². The second kappa shape index (κ2) is 6.76. The Labute approximate surface area is 125 Å². The summed E-state index contributed by atoms with van der Waals surface area (Å²) in [5.74, 6) is 0.820. The van der Waals surface area contributed by atoms with Crippen molar-refractivity contribution in [3.8, 4) is 11.3 Å². The Morgan fingerprint density at radius 1 is 1.10 bits per heavy atom. The lowest BCUT2D eigenvalue weighted by Gasteiger charge is -2.15. The molecule has 2 aromatic rings. The Morgan fingerprint density at radius 2 is 1.80 bits per heavy atom. The summed E-state index contributed by atoms with van der Waals surface area (Å²) in [4.78, 5) is 12.5. The Bertz CT molecular complexity index is 617. The second-order valence-electron chi connectivity index (χ2n) is 5.38. The number of halogens is 1. The van der Waals surface area contributed by atoms with Crippen molar-refractivity contribution in [3.05, 3.63) is 58.4 Å². The van der Waals surface area contributed by atoms with E-state index in [9.17, 15) is 4.79 Å². The number of rotatable bonds is 5. The number of benzene rings is 1. The zero-order valence-corrected chi connectivity index (χ0v) is 12.7. The van der Waals surface area contributed by atoms with Crippen LogP contribution in [0, 0.1) is 5.92 Å². The predicted molar refractivity (Wildman–Crippen MR) is 85.2 cm³/mol. The van der Waals surface area contributed by atoms with E-state index in [0.717, 1.165) is 24.2 Å². The van der Waals surface area contributed by atoms with Gasteiger partial charge in [0.2, 0.25) is 0 Å². The molecule has 20 heavy (non-hydrogen) atoms. The standard InChI is InChI=1S/C17H20ClNO/c1-13(2)10-11-19-16(14-6-4-3-5-7-14)9-8-15(12-18)17(19)20/h3-9,13H,10-12H2,1-2H3. The molecule has 106 valence electrons. The smallest absolute Gasteiger partial charge is 0.255 e. The fourth-order valence-corrected chi connectivity index (χ4v) is 2.40. The Kier molecular flexibility index (Phi) is 5.02. The van der Waals surface area contributed by atoms with Gasteiger partial charge in [0.05, 0.1) is 11.6 Å². The zero-order valence-electron chi connectivity index (χ0n) is 12.0. The van der Waals surface area contributed by atoms with Gasteiger partial charge in [0.15, 0.2) is 0 Å². The van der Waals surface area contributed by atoms with Crippen molar-refractivity contribution in [2.45, 2.75) is 32.7 Å². The average molecular weight is 290 g/mol. The molecule has 2 rings (SSSR count). The molecule has 0 aliphatic carbocycles. The molecule has 0 fully saturated rings. The molecule has 0 unspecified atom stereocenters. The van der Waals surface area contributed by atoms with Gasteiger partial charge >= 0.3 is 0 Å². The fourth-order valence-electron chi connectivity index (χ4n) is 2.20. The van der Waals surface area contributed by atoms with Gasteiger partial charge in [0, 0.05) is 12.1 Å². The maximum atomic E-state index is 12.5. The van der Waals surface area contributed by atoms with E-state index in [-0.39, 0.29) is 11.4 Å². The highest BCUT2D eigenvalue weighted by Crippen LogP contribution is 2.19. The maximum absolute atomic E-state index is 12.5. The molecule has 0 spiro atoms. The molecule has 0 bridgehead atoms. The van der Waals surface area contributed by atoms with Crippen molar-refractivity contribution in [2.24, 2.45) is 5.92 Å². The minimum atomic E-state index is 0.0296. The van der Waals surface area contributed by atoms with Crippen LogP contribution in [0.1, 0.15) is 25.8 Å². The van der Waals surface area contributed by atoms with E-state index in [2.05, 4.69) is 13.8 Å². The average Bonchev–Trinajstić information content (AvgIpc) is 2.46. The normalized spacial score (nSPS) is 11.0. The highest BCUT2D eigenvalue weighted by atomic mass is 35.5. The van der Waals surface area contributed by atoms with Crippen LogP contribution in [-0.2, 0) is 12.4 Å². The molecule has 0 amide bonds. The van der Waals surface area contributed by atoms with Crippen LogP contribution in [0.4, 0.5) is 0 Å². The summed E-state index contributed by atoms with van der Waals surface area (Å²) in [5.41, 5.74) is 2.72. The summed E-state index contributed by atoms with van der Waals surface area (Å²) in [6.07, 6.45) is 0.978. The number of alkyl halides is 1. The van der Waals surface area contributed by atoms with Gasteiger partial charge in [-0.25, -0.2) is 0 Å². The van der Waals surface area contributed by atoms with Crippen LogP contribution in [0.3, 0.4) is 0 Å². The van der Waals surface area contributed by atoms with E-state index >= 15 is 0 Å². The first-order valence-corrected chi connectivity index (χ1v) is 7.51. The van der Waals surface area contributed by atoms with Gasteiger partial charge in [-0.15, -0.1) is 11.6 Å². The van der Waals surface area contributed by atoms with Crippen molar-refractivity contribution in [3.63, 3.8) is 0 Å². The van der Waals surface area contributed by atoms with Gasteiger partial charge in [-0.2, -0.15) is 0 Å². The molecule has 2 nitrogen and oxygen atoms in total. The van der Waals surface area contributed by atoms with Gasteiger partial charge in [-0.1, -0.05) is 50.2 Å². The molecule has 0 radical (unpaired) electrons. The van der Waals surface area contributed by atoms with E-state index in [1.54, 1.807) is 0 Å². The summed E-state index contributed by atoms with van der Waals surface area (Å²) in [6.45, 7) is 5.06. The third-order valence-corrected chi connectivity index (χ3v) is 3.68. The number of hydrogen-bond acceptors (Lipinski definition) is 1. The lowest BCUT2D eigenvalue weighted by atomic mass is 10.1. The SMILES string of the molecule is CC(C)CCn1c(-c2ccccc2)ccc(CCl)c1=O. The van der Waals surface area contributed by atoms with Gasteiger partial charge in [0.25, 0.3) is 5.56 Å². The predicted octanol–water partition coefficient (Wildman–Crippen LogP) is 4.30. The summed E-state index contributed by atoms with van der Waals surface area (Å²) >= 11 is 5.85. The monoisotopic (exact) mass is 289 g/mol. The first-order valence-electron chi connectivity index (χ1n) is 6.97. The molecule has 0 atom stereocenters. The first kappa shape index (κ1) is 14.9. The lowest BCUT2D eigenvalue weighted by Crippen LogP contribution is -2.25. The number of nitrogens with zero attached hydrogens (tertiary/aromatic N) is 1. The molecule has 1 aromatic carbocycles. The largest absolute Gasteiger partial charge is 0.308 e. The zero-order chi connectivity index (χ0) is 14.5. The highest BCUT2D eigenvalue weighted by molar-refractivity contribution is 6.17. The first-order chi connectivity index (χ1) is 9.63. The van der Waals surface area contributed by atoms with Crippen LogP contribution in [0.15, 0.2) is 47.3 Å². The molecule has 3 heteroatoms. The van der Waals surface area contributed by atoms with Crippen molar-refractivity contribution in [2.75, 3.05) is 0 Å². The minimum Gasteiger partial charge on any atom is -0.308 e. The summed E-state index contributed by atoms with van der Waals surface area (Å²) in [7, 11) is 0. The molecule has 0 N–H and O–H groups in total. The number of pyridine rings is 1. The number of hydrogen-bond donors (Lipinski definition) is 0. The van der Waals surface area contributed by atoms with Gasteiger partial charge in [-0.05, 0) is 24.0 Å². The molecular formula is C17H20ClNO. The van der Waals surface area contributed by atoms with E-state index in [1.807, 2.05) is 47.0 Å². The molecule has 0 saturated carbocycles. The van der Waals surface area contributed by atoms with E-state index in [4.69, 9.17) is 11.6 Å². The van der Waals surface area contributed by atoms with Crippen molar-refractivity contribution in [1.82, 2.24) is 4.57 Å². The third kappa shape index (κ3) is 3.31. The Balaban J connectivity index is 2.51. The van der Waals surface area contributed by atoms with Crippen molar-refractivity contribution >= 4 is 11.6 Å². The molecule has 1 aromatic heterocycles. The minimum absolute atomic E-state index is 0.0296. The molecular weight excluding hydrogens is 270 g/mol. The topological polar surface area (TPSA) is 22.0 Å². The molecule has 0 saturated heterocycles. The molecule has 0 aliphatic rings. The fraction of sp³-hybridized carbons (Fsp3) is 0.353. The molecule has 1 heterocycles. The van der Waals surface area contributed by atoms with Gasteiger partial charge in [-0.3, -0.25) is 4.79 Å². The summed E-state index contributed by atoms with van der Waals surface area (Å²) in [5, 5.41) is 0. The quantitative estimate of drug-likeness (QED) is 0.752. The lowest BCUT2D eigenvalue weighted by molar-refractivity contribution is 0.509.